The molecule has 1 atom stereocenters. The summed E-state index contributed by atoms with van der Waals surface area (Å²) >= 11 is 0. The summed E-state index contributed by atoms with van der Waals surface area (Å²) in [5.74, 6) is -0.479. The van der Waals surface area contributed by atoms with Crippen molar-refractivity contribution in [2.24, 2.45) is 5.41 Å². The van der Waals surface area contributed by atoms with Gasteiger partial charge in [-0.1, -0.05) is 0 Å². The molecule has 3 N–H and O–H groups in total. The summed E-state index contributed by atoms with van der Waals surface area (Å²) in [6.07, 6.45) is 2.25. The number of ether oxygens (including phenoxy) is 1. The number of nitrogens with one attached hydrogen (secondary N) is 2. The molecule has 24 heavy (non-hydrogen) atoms. The average molecular weight is 333 g/mol. The van der Waals surface area contributed by atoms with Crippen molar-refractivity contribution in [1.29, 1.82) is 5.26 Å². The molecular formula is C16H21BFN3O3. The molecule has 1 aliphatic rings. The van der Waals surface area contributed by atoms with Crippen molar-refractivity contribution in [2.45, 2.75) is 25.8 Å². The average Bonchev–Trinajstić information content (AvgIpc) is 2.55. The van der Waals surface area contributed by atoms with Crippen LogP contribution in [0.2, 0.25) is 0 Å². The zero-order valence-corrected chi connectivity index (χ0v) is 14.0. The van der Waals surface area contributed by atoms with Gasteiger partial charge in [-0.3, -0.25) is 0 Å². The number of nitrogens with zero attached hydrogens (tertiary/aromatic N) is 1. The van der Waals surface area contributed by atoms with Crippen molar-refractivity contribution in [1.82, 2.24) is 10.6 Å². The fourth-order valence-corrected chi connectivity index (χ4v) is 2.98. The van der Waals surface area contributed by atoms with E-state index in [2.05, 4.69) is 15.3 Å². The van der Waals surface area contributed by atoms with Crippen molar-refractivity contribution in [3.8, 4) is 12.0 Å². The summed E-state index contributed by atoms with van der Waals surface area (Å²) in [4.78, 5) is 0. The standard InChI is InChI=1S/C16H21BFN3O3/c1-15(2)6-7-23-9-16(15,21-14(20-3)17-24-10-19)12-8-11(22)4-5-13(12)18/h4-5,8,20-22H,6-7,9H2,1-3H3. The Balaban J connectivity index is 2.58. The van der Waals surface area contributed by atoms with E-state index in [0.717, 1.165) is 0 Å². The molecule has 1 heterocycles. The predicted molar refractivity (Wildman–Crippen MR) is 88.6 cm³/mol. The first-order chi connectivity index (χ1) is 11.4. The van der Waals surface area contributed by atoms with Crippen molar-refractivity contribution in [2.75, 3.05) is 20.3 Å². The van der Waals surface area contributed by atoms with Gasteiger partial charge >= 0.3 is 141 Å². The van der Waals surface area contributed by atoms with Gasteiger partial charge in [0.05, 0.1) is 0 Å². The van der Waals surface area contributed by atoms with Gasteiger partial charge in [0.25, 0.3) is 0 Å². The fourth-order valence-electron chi connectivity index (χ4n) is 2.98. The Morgan fingerprint density at radius 3 is 2.88 bits per heavy atom. The molecule has 8 heteroatoms. The van der Waals surface area contributed by atoms with E-state index in [0.29, 0.717) is 24.3 Å². The number of benzene rings is 1. The van der Waals surface area contributed by atoms with E-state index in [1.807, 2.05) is 13.8 Å². The second-order valence-corrected chi connectivity index (χ2v) is 6.37. The summed E-state index contributed by atoms with van der Waals surface area (Å²) in [5.41, 5.74) is -0.660. The van der Waals surface area contributed by atoms with E-state index in [-0.39, 0.29) is 12.4 Å². The summed E-state index contributed by atoms with van der Waals surface area (Å²) in [6.45, 7) is 4.77. The molecule has 1 aromatic rings. The van der Waals surface area contributed by atoms with Gasteiger partial charge in [0, 0.05) is 0 Å². The third kappa shape index (κ3) is 3.31. The Bertz CT molecular complexity index is 675. The van der Waals surface area contributed by atoms with Crippen LogP contribution >= 0.6 is 0 Å². The SMILES string of the molecule is CNC(=BOC#N)NC1(c2cc(O)ccc2F)COCCC1(C)C. The molecule has 1 fully saturated rings. The van der Waals surface area contributed by atoms with Crippen molar-refractivity contribution < 1.29 is 18.9 Å². The van der Waals surface area contributed by atoms with Gasteiger partial charge in [0.2, 0.25) is 0 Å². The number of nitriles is 1. The van der Waals surface area contributed by atoms with Crippen LogP contribution in [0.5, 0.6) is 5.75 Å². The normalized spacial score (nSPS) is 22.9. The number of phenolic OH excluding ortho intramolecular Hbond substituents is 1. The van der Waals surface area contributed by atoms with E-state index in [4.69, 9.17) is 10.00 Å². The molecule has 0 spiro atoms. The van der Waals surface area contributed by atoms with Crippen LogP contribution in [0.15, 0.2) is 18.2 Å². The molecule has 6 nitrogen and oxygen atoms in total. The molecule has 0 saturated carbocycles. The van der Waals surface area contributed by atoms with Crippen LogP contribution in [-0.4, -0.2) is 38.2 Å². The zero-order valence-electron chi connectivity index (χ0n) is 14.0. The Morgan fingerprint density at radius 2 is 2.25 bits per heavy atom. The van der Waals surface area contributed by atoms with Gasteiger partial charge < -0.3 is 0 Å². The topological polar surface area (TPSA) is 86.5 Å². The predicted octanol–water partition coefficient (Wildman–Crippen LogP) is 1.19. The van der Waals surface area contributed by atoms with Crippen molar-refractivity contribution in [3.63, 3.8) is 0 Å². The summed E-state index contributed by atoms with van der Waals surface area (Å²) < 4.78 is 24.9. The number of phenols is 1. The van der Waals surface area contributed by atoms with Crippen LogP contribution < -0.4 is 10.6 Å². The third-order valence-electron chi connectivity index (χ3n) is 4.60. The van der Waals surface area contributed by atoms with E-state index in [9.17, 15) is 9.50 Å². The van der Waals surface area contributed by atoms with Gasteiger partial charge in [0.1, 0.15) is 0 Å². The molecule has 0 radical (unpaired) electrons. The summed E-state index contributed by atoms with van der Waals surface area (Å²) in [7, 11) is 2.87. The number of hydrogen-bond acceptors (Lipinski definition) is 6. The van der Waals surface area contributed by atoms with Gasteiger partial charge in [-0.25, -0.2) is 0 Å². The van der Waals surface area contributed by atoms with Crippen LogP contribution in [0, 0.1) is 22.7 Å². The first-order valence-electron chi connectivity index (χ1n) is 7.64. The van der Waals surface area contributed by atoms with Gasteiger partial charge in [-0.15, -0.1) is 0 Å². The van der Waals surface area contributed by atoms with Crippen LogP contribution in [0.25, 0.3) is 0 Å². The van der Waals surface area contributed by atoms with Crippen LogP contribution in [-0.2, 0) is 14.9 Å². The molecule has 0 amide bonds. The summed E-state index contributed by atoms with van der Waals surface area (Å²) in [6, 6.07) is 3.93. The van der Waals surface area contributed by atoms with Crippen LogP contribution in [0.4, 0.5) is 4.39 Å². The second kappa shape index (κ2) is 7.10. The van der Waals surface area contributed by atoms with Gasteiger partial charge in [0.15, 0.2) is 0 Å². The van der Waals surface area contributed by atoms with Crippen molar-refractivity contribution >= 4 is 12.8 Å². The molecule has 0 bridgehead atoms. The molecule has 1 unspecified atom stereocenters. The zero-order chi connectivity index (χ0) is 17.8. The maximum absolute atomic E-state index is 14.6. The Labute approximate surface area is 141 Å². The van der Waals surface area contributed by atoms with Crippen LogP contribution in [0.1, 0.15) is 25.8 Å². The summed E-state index contributed by atoms with van der Waals surface area (Å²) in [5, 5.41) is 24.6. The molecule has 0 aromatic heterocycles. The van der Waals surface area contributed by atoms with Crippen molar-refractivity contribution in [3.05, 3.63) is 29.6 Å². The molecule has 128 valence electrons. The van der Waals surface area contributed by atoms with Gasteiger partial charge in [-0.2, -0.15) is 0 Å². The fraction of sp³-hybridized carbons (Fsp3) is 0.500. The molecule has 2 rings (SSSR count). The van der Waals surface area contributed by atoms with E-state index in [1.54, 1.807) is 13.3 Å². The van der Waals surface area contributed by atoms with E-state index >= 15 is 0 Å². The van der Waals surface area contributed by atoms with E-state index in [1.165, 1.54) is 25.3 Å². The second-order valence-electron chi connectivity index (χ2n) is 6.37. The number of hydrogen-bond donors (Lipinski definition) is 3. The minimum absolute atomic E-state index is 0.0304. The molecule has 0 aliphatic carbocycles. The third-order valence-corrected chi connectivity index (χ3v) is 4.60. The first kappa shape index (κ1) is 18.1. The minimum atomic E-state index is -0.957. The number of rotatable bonds is 5. The van der Waals surface area contributed by atoms with Crippen LogP contribution in [0.3, 0.4) is 0 Å². The Morgan fingerprint density at radius 1 is 1.50 bits per heavy atom. The molecular weight excluding hydrogens is 312 g/mol. The Kier molecular flexibility index (Phi) is 5.35. The number of aromatic hydroxyl groups is 1. The molecule has 1 aliphatic heterocycles. The maximum atomic E-state index is 14.6. The quantitative estimate of drug-likeness (QED) is 0.554. The molecule has 1 saturated heterocycles. The van der Waals surface area contributed by atoms with E-state index < -0.39 is 16.8 Å². The Hall–Kier alpha value is -2.27. The van der Waals surface area contributed by atoms with Gasteiger partial charge in [-0.05, 0) is 0 Å². The number of halogens is 1. The monoisotopic (exact) mass is 333 g/mol. The molecule has 1 aromatic carbocycles. The first-order valence-corrected chi connectivity index (χ1v) is 7.64.